The Labute approximate surface area is 157 Å². The molecule has 3 N–H and O–H groups in total. The van der Waals surface area contributed by atoms with Gasteiger partial charge in [0.1, 0.15) is 12.6 Å². The number of hydrogen-bond acceptors (Lipinski definition) is 4. The van der Waals surface area contributed by atoms with E-state index in [1.807, 2.05) is 48.5 Å². The molecule has 1 aliphatic carbocycles. The van der Waals surface area contributed by atoms with Gasteiger partial charge in [0, 0.05) is 12.3 Å². The van der Waals surface area contributed by atoms with Crippen LogP contribution in [0.3, 0.4) is 0 Å². The van der Waals surface area contributed by atoms with Crippen molar-refractivity contribution in [3.8, 4) is 11.1 Å². The minimum Gasteiger partial charge on any atom is -0.480 e. The van der Waals surface area contributed by atoms with Gasteiger partial charge in [-0.15, -0.1) is 0 Å². The van der Waals surface area contributed by atoms with Gasteiger partial charge in [-0.2, -0.15) is 0 Å². The maximum absolute atomic E-state index is 12.1. The van der Waals surface area contributed by atoms with E-state index in [0.29, 0.717) is 0 Å². The molecule has 6 heteroatoms. The third-order valence-corrected chi connectivity index (χ3v) is 4.64. The summed E-state index contributed by atoms with van der Waals surface area (Å²) < 4.78 is 5.34. The van der Waals surface area contributed by atoms with Crippen LogP contribution in [0, 0.1) is 0 Å². The van der Waals surface area contributed by atoms with Crippen LogP contribution in [0.25, 0.3) is 11.1 Å². The summed E-state index contributed by atoms with van der Waals surface area (Å²) in [5.41, 5.74) is 3.18. The van der Waals surface area contributed by atoms with Crippen molar-refractivity contribution in [3.05, 3.63) is 59.7 Å². The molecule has 27 heavy (non-hydrogen) atoms. The summed E-state index contributed by atoms with van der Waals surface area (Å²) in [4.78, 5) is 23.5. The van der Waals surface area contributed by atoms with Gasteiger partial charge in [0.15, 0.2) is 0 Å². The van der Waals surface area contributed by atoms with Gasteiger partial charge in [-0.05, 0) is 36.1 Å². The monoisotopic (exact) mass is 369 g/mol. The van der Waals surface area contributed by atoms with Crippen molar-refractivity contribution >= 4 is 12.1 Å². The Bertz CT molecular complexity index is 810. The van der Waals surface area contributed by atoms with E-state index in [0.717, 1.165) is 22.3 Å². The van der Waals surface area contributed by atoms with Crippen LogP contribution in [0.2, 0.25) is 0 Å². The molecule has 2 aromatic rings. The number of ether oxygens (including phenoxy) is 1. The Balaban J connectivity index is 1.69. The molecule has 0 aromatic heterocycles. The molecule has 0 bridgehead atoms. The van der Waals surface area contributed by atoms with Crippen molar-refractivity contribution in [2.24, 2.45) is 0 Å². The fraction of sp³-hybridized carbons (Fsp3) is 0.333. The molecule has 1 atom stereocenters. The van der Waals surface area contributed by atoms with E-state index in [2.05, 4.69) is 5.32 Å². The summed E-state index contributed by atoms with van der Waals surface area (Å²) in [7, 11) is 0. The number of benzene rings is 2. The number of fused-ring (bicyclic) bond motifs is 3. The standard InChI is InChI=1S/C21H23NO5/c1-21(2,26)11-18(19(23)24)22-20(25)27-12-17-15-9-5-3-7-13(15)14-8-4-6-10-16(14)17/h3-10,17-18,26H,11-12H2,1-2H3,(H,22,25)(H,23,24). The number of carbonyl (C=O) groups excluding carboxylic acids is 1. The molecule has 0 heterocycles. The number of carboxylic acid groups (broad SMARTS) is 1. The van der Waals surface area contributed by atoms with Crippen LogP contribution in [-0.2, 0) is 9.53 Å². The number of nitrogens with one attached hydrogen (secondary N) is 1. The molecule has 6 nitrogen and oxygen atoms in total. The van der Waals surface area contributed by atoms with Crippen LogP contribution in [-0.4, -0.2) is 40.5 Å². The second-order valence-corrected chi connectivity index (χ2v) is 7.38. The molecular formula is C21H23NO5. The SMILES string of the molecule is CC(C)(O)CC(NC(=O)OCC1c2ccccc2-c2ccccc21)C(=O)O. The predicted octanol–water partition coefficient (Wildman–Crippen LogP) is 3.14. The highest BCUT2D eigenvalue weighted by Crippen LogP contribution is 2.44. The minimum atomic E-state index is -1.22. The Morgan fingerprint density at radius 2 is 1.59 bits per heavy atom. The molecular weight excluding hydrogens is 346 g/mol. The maximum Gasteiger partial charge on any atom is 0.407 e. The lowest BCUT2D eigenvalue weighted by Crippen LogP contribution is -2.45. The molecule has 1 aliphatic rings. The van der Waals surface area contributed by atoms with Crippen molar-refractivity contribution in [3.63, 3.8) is 0 Å². The third-order valence-electron chi connectivity index (χ3n) is 4.64. The lowest BCUT2D eigenvalue weighted by Gasteiger charge is -2.23. The number of rotatable bonds is 6. The van der Waals surface area contributed by atoms with Crippen LogP contribution < -0.4 is 5.32 Å². The molecule has 142 valence electrons. The van der Waals surface area contributed by atoms with E-state index in [9.17, 15) is 19.8 Å². The van der Waals surface area contributed by atoms with Gasteiger partial charge in [0.2, 0.25) is 0 Å². The second-order valence-electron chi connectivity index (χ2n) is 7.38. The predicted molar refractivity (Wildman–Crippen MR) is 101 cm³/mol. The Morgan fingerprint density at radius 1 is 1.07 bits per heavy atom. The van der Waals surface area contributed by atoms with E-state index in [1.165, 1.54) is 13.8 Å². The molecule has 3 rings (SSSR count). The number of carbonyl (C=O) groups is 2. The quantitative estimate of drug-likeness (QED) is 0.727. The number of alkyl carbamates (subject to hydrolysis) is 1. The largest absolute Gasteiger partial charge is 0.480 e. The van der Waals surface area contributed by atoms with Gasteiger partial charge in [0.05, 0.1) is 5.60 Å². The molecule has 0 saturated heterocycles. The third kappa shape index (κ3) is 4.28. The van der Waals surface area contributed by atoms with Crippen LogP contribution >= 0.6 is 0 Å². The van der Waals surface area contributed by atoms with Crippen LogP contribution in [0.15, 0.2) is 48.5 Å². The van der Waals surface area contributed by atoms with Gasteiger partial charge in [-0.1, -0.05) is 48.5 Å². The Kier molecular flexibility index (Phi) is 5.19. The van der Waals surface area contributed by atoms with Crippen LogP contribution in [0.1, 0.15) is 37.3 Å². The molecule has 0 aliphatic heterocycles. The minimum absolute atomic E-state index is 0.0966. The fourth-order valence-electron chi connectivity index (χ4n) is 3.48. The number of hydrogen-bond donors (Lipinski definition) is 3. The molecule has 2 aromatic carbocycles. The number of amides is 1. The maximum atomic E-state index is 12.1. The zero-order valence-corrected chi connectivity index (χ0v) is 15.3. The molecule has 0 radical (unpaired) electrons. The average molecular weight is 369 g/mol. The fourth-order valence-corrected chi connectivity index (χ4v) is 3.48. The topological polar surface area (TPSA) is 95.9 Å². The Morgan fingerprint density at radius 3 is 2.07 bits per heavy atom. The van der Waals surface area contributed by atoms with Crippen molar-refractivity contribution < 1.29 is 24.5 Å². The van der Waals surface area contributed by atoms with Crippen LogP contribution in [0.4, 0.5) is 4.79 Å². The van der Waals surface area contributed by atoms with Gasteiger partial charge in [-0.25, -0.2) is 9.59 Å². The molecule has 0 fully saturated rings. The van der Waals surface area contributed by atoms with Gasteiger partial charge in [0.25, 0.3) is 0 Å². The highest BCUT2D eigenvalue weighted by atomic mass is 16.5. The summed E-state index contributed by atoms with van der Waals surface area (Å²) in [5.74, 6) is -1.31. The first-order valence-electron chi connectivity index (χ1n) is 8.83. The summed E-state index contributed by atoms with van der Waals surface area (Å²) in [5, 5.41) is 21.4. The lowest BCUT2D eigenvalue weighted by atomic mass is 9.98. The Hall–Kier alpha value is -2.86. The van der Waals surface area contributed by atoms with E-state index in [-0.39, 0.29) is 18.9 Å². The molecule has 0 spiro atoms. The summed E-state index contributed by atoms with van der Waals surface area (Å²) in [6.07, 6.45) is -0.930. The van der Waals surface area contributed by atoms with Crippen LogP contribution in [0.5, 0.6) is 0 Å². The first kappa shape index (κ1) is 18.9. The second kappa shape index (κ2) is 7.40. The van der Waals surface area contributed by atoms with Crippen molar-refractivity contribution in [2.75, 3.05) is 6.61 Å². The molecule has 0 saturated carbocycles. The average Bonchev–Trinajstić information content (AvgIpc) is 2.92. The number of carboxylic acids is 1. The zero-order valence-electron chi connectivity index (χ0n) is 15.3. The van der Waals surface area contributed by atoms with E-state index >= 15 is 0 Å². The van der Waals surface area contributed by atoms with Crippen molar-refractivity contribution in [1.82, 2.24) is 5.32 Å². The summed E-state index contributed by atoms with van der Waals surface area (Å²) in [6.45, 7) is 3.08. The number of aliphatic hydroxyl groups is 1. The zero-order chi connectivity index (χ0) is 19.6. The van der Waals surface area contributed by atoms with Gasteiger partial charge < -0.3 is 20.3 Å². The van der Waals surface area contributed by atoms with Crippen molar-refractivity contribution in [1.29, 1.82) is 0 Å². The first-order valence-corrected chi connectivity index (χ1v) is 8.83. The first-order chi connectivity index (χ1) is 12.8. The normalized spacial score (nSPS) is 14.2. The molecule has 1 amide bonds. The highest BCUT2D eigenvalue weighted by molar-refractivity contribution is 5.81. The highest BCUT2D eigenvalue weighted by Gasteiger charge is 2.31. The van der Waals surface area contributed by atoms with Crippen molar-refractivity contribution in [2.45, 2.75) is 37.8 Å². The lowest BCUT2D eigenvalue weighted by molar-refractivity contribution is -0.141. The summed E-state index contributed by atoms with van der Waals surface area (Å²) >= 11 is 0. The van der Waals surface area contributed by atoms with E-state index < -0.39 is 23.7 Å². The molecule has 1 unspecified atom stereocenters. The summed E-state index contributed by atoms with van der Waals surface area (Å²) in [6, 6.07) is 14.7. The van der Waals surface area contributed by atoms with Gasteiger partial charge in [-0.3, -0.25) is 0 Å². The number of aliphatic carboxylic acids is 1. The van der Waals surface area contributed by atoms with Gasteiger partial charge >= 0.3 is 12.1 Å². The smallest absolute Gasteiger partial charge is 0.407 e. The van der Waals surface area contributed by atoms with E-state index in [4.69, 9.17) is 4.74 Å². The van der Waals surface area contributed by atoms with E-state index in [1.54, 1.807) is 0 Å².